The summed E-state index contributed by atoms with van der Waals surface area (Å²) in [6.07, 6.45) is 23.6. The Morgan fingerprint density at radius 2 is 1.04 bits per heavy atom. The zero-order valence-corrected chi connectivity index (χ0v) is 17.8. The molecular weight excluding hydrogens is 324 g/mol. The molecule has 0 aromatic carbocycles. The number of esters is 1. The molecule has 0 radical (unpaired) electrons. The molecule has 0 amide bonds. The van der Waals surface area contributed by atoms with Crippen molar-refractivity contribution in [2.24, 2.45) is 0 Å². The van der Waals surface area contributed by atoms with Gasteiger partial charge in [-0.05, 0) is 12.8 Å². The second-order valence-electron chi connectivity index (χ2n) is 7.86. The average molecular weight is 371 g/mol. The lowest BCUT2D eigenvalue weighted by atomic mass is 10.0. The third-order valence-electron chi connectivity index (χ3n) is 5.17. The predicted octanol–water partition coefficient (Wildman–Crippen LogP) is 6.95. The lowest BCUT2D eigenvalue weighted by Gasteiger charge is -2.13. The van der Waals surface area contributed by atoms with Crippen molar-refractivity contribution >= 4 is 5.97 Å². The van der Waals surface area contributed by atoms with E-state index in [1.54, 1.807) is 0 Å². The van der Waals surface area contributed by atoms with Crippen molar-refractivity contribution in [3.8, 4) is 0 Å². The summed E-state index contributed by atoms with van der Waals surface area (Å²) < 4.78 is 5.04. The van der Waals surface area contributed by atoms with Crippen LogP contribution >= 0.6 is 0 Å². The van der Waals surface area contributed by atoms with Crippen LogP contribution in [0.15, 0.2) is 0 Å². The summed E-state index contributed by atoms with van der Waals surface area (Å²) >= 11 is 0. The van der Waals surface area contributed by atoms with Crippen LogP contribution in [0.5, 0.6) is 0 Å². The van der Waals surface area contributed by atoms with Gasteiger partial charge in [0.05, 0.1) is 6.61 Å². The molecule has 0 aromatic heterocycles. The minimum atomic E-state index is -0.302. The number of unbranched alkanes of at least 4 members (excludes halogenated alkanes) is 16. The van der Waals surface area contributed by atoms with Crippen LogP contribution in [-0.4, -0.2) is 23.8 Å². The minimum Gasteiger partial charge on any atom is -0.460 e. The number of carbonyl (C=O) groups excluding carboxylic acids is 1. The summed E-state index contributed by atoms with van der Waals surface area (Å²) in [6, 6.07) is 0. The van der Waals surface area contributed by atoms with Crippen LogP contribution in [-0.2, 0) is 9.53 Å². The molecule has 1 unspecified atom stereocenters. The molecule has 3 nitrogen and oxygen atoms in total. The summed E-state index contributed by atoms with van der Waals surface area (Å²) in [5, 5.41) is 9.13. The molecule has 156 valence electrons. The third kappa shape index (κ3) is 19.8. The van der Waals surface area contributed by atoms with E-state index >= 15 is 0 Å². The fourth-order valence-corrected chi connectivity index (χ4v) is 3.52. The quantitative estimate of drug-likeness (QED) is 0.186. The molecule has 1 atom stereocenters. The van der Waals surface area contributed by atoms with Gasteiger partial charge in [-0.2, -0.15) is 0 Å². The summed E-state index contributed by atoms with van der Waals surface area (Å²) in [6.45, 7) is 3.62. The van der Waals surface area contributed by atoms with Crippen molar-refractivity contribution < 1.29 is 14.6 Å². The maximum Gasteiger partial charge on any atom is 0.302 e. The SMILES string of the molecule is CCCCCCCCCCCCCCCCCCCC(CO)OC(C)=O. The van der Waals surface area contributed by atoms with Gasteiger partial charge in [-0.1, -0.05) is 110 Å². The molecule has 0 aliphatic carbocycles. The Morgan fingerprint density at radius 1 is 0.692 bits per heavy atom. The molecule has 0 aliphatic heterocycles. The van der Waals surface area contributed by atoms with E-state index in [1.807, 2.05) is 0 Å². The van der Waals surface area contributed by atoms with E-state index in [1.165, 1.54) is 110 Å². The van der Waals surface area contributed by atoms with Crippen molar-refractivity contribution in [3.63, 3.8) is 0 Å². The zero-order valence-electron chi connectivity index (χ0n) is 17.8. The van der Waals surface area contributed by atoms with Crippen molar-refractivity contribution in [2.45, 2.75) is 136 Å². The zero-order chi connectivity index (χ0) is 19.3. The Bertz CT molecular complexity index is 291. The molecule has 0 heterocycles. The topological polar surface area (TPSA) is 46.5 Å². The Hall–Kier alpha value is -0.570. The number of ether oxygens (including phenoxy) is 1. The Balaban J connectivity index is 3.14. The first-order valence-electron chi connectivity index (χ1n) is 11.5. The number of aliphatic hydroxyl groups excluding tert-OH is 1. The standard InChI is InChI=1S/C23H46O3/c1-3-4-5-6-7-8-9-10-11-12-13-14-15-16-17-18-19-20-23(21-24)26-22(2)25/h23-24H,3-21H2,1-2H3. The summed E-state index contributed by atoms with van der Waals surface area (Å²) in [4.78, 5) is 10.9. The molecule has 0 aromatic rings. The largest absolute Gasteiger partial charge is 0.460 e. The molecule has 1 N–H and O–H groups in total. The highest BCUT2D eigenvalue weighted by Crippen LogP contribution is 2.15. The van der Waals surface area contributed by atoms with E-state index in [4.69, 9.17) is 9.84 Å². The van der Waals surface area contributed by atoms with Gasteiger partial charge in [-0.15, -0.1) is 0 Å². The van der Waals surface area contributed by atoms with Crippen LogP contribution in [0.4, 0.5) is 0 Å². The molecule has 0 fully saturated rings. The van der Waals surface area contributed by atoms with Gasteiger partial charge in [-0.25, -0.2) is 0 Å². The lowest BCUT2D eigenvalue weighted by Crippen LogP contribution is -2.20. The molecule has 0 aliphatic rings. The van der Waals surface area contributed by atoms with Crippen LogP contribution in [0, 0.1) is 0 Å². The second-order valence-corrected chi connectivity index (χ2v) is 7.86. The molecule has 0 bridgehead atoms. The maximum absolute atomic E-state index is 10.9. The van der Waals surface area contributed by atoms with Crippen molar-refractivity contribution in [1.29, 1.82) is 0 Å². The van der Waals surface area contributed by atoms with Crippen molar-refractivity contribution in [2.75, 3.05) is 6.61 Å². The summed E-state index contributed by atoms with van der Waals surface area (Å²) in [5.41, 5.74) is 0. The number of carbonyl (C=O) groups is 1. The van der Waals surface area contributed by atoms with Gasteiger partial charge < -0.3 is 9.84 Å². The Morgan fingerprint density at radius 3 is 1.35 bits per heavy atom. The summed E-state index contributed by atoms with van der Waals surface area (Å²) in [7, 11) is 0. The van der Waals surface area contributed by atoms with Gasteiger partial charge in [0.15, 0.2) is 0 Å². The third-order valence-corrected chi connectivity index (χ3v) is 5.17. The molecule has 26 heavy (non-hydrogen) atoms. The van der Waals surface area contributed by atoms with Gasteiger partial charge in [0, 0.05) is 6.92 Å². The monoisotopic (exact) mass is 370 g/mol. The van der Waals surface area contributed by atoms with Crippen molar-refractivity contribution in [1.82, 2.24) is 0 Å². The number of hydrogen-bond acceptors (Lipinski definition) is 3. The number of rotatable bonds is 20. The first-order valence-corrected chi connectivity index (χ1v) is 11.5. The van der Waals surface area contributed by atoms with Crippen molar-refractivity contribution in [3.05, 3.63) is 0 Å². The van der Waals surface area contributed by atoms with Gasteiger partial charge in [0.25, 0.3) is 0 Å². The Kier molecular flexibility index (Phi) is 20.3. The molecule has 0 saturated heterocycles. The van der Waals surface area contributed by atoms with Gasteiger partial charge in [0.1, 0.15) is 6.10 Å². The van der Waals surface area contributed by atoms with Crippen LogP contribution in [0.3, 0.4) is 0 Å². The minimum absolute atomic E-state index is 0.0571. The van der Waals surface area contributed by atoms with Crippen LogP contribution in [0.2, 0.25) is 0 Å². The number of aliphatic hydroxyl groups is 1. The molecule has 0 saturated carbocycles. The van der Waals surface area contributed by atoms with Crippen LogP contribution in [0.1, 0.15) is 129 Å². The predicted molar refractivity (Wildman–Crippen MR) is 111 cm³/mol. The molecule has 3 heteroatoms. The smallest absolute Gasteiger partial charge is 0.302 e. The van der Waals surface area contributed by atoms with Crippen LogP contribution < -0.4 is 0 Å². The highest BCUT2D eigenvalue weighted by atomic mass is 16.5. The summed E-state index contributed by atoms with van der Waals surface area (Å²) in [5.74, 6) is -0.295. The van der Waals surface area contributed by atoms with E-state index in [2.05, 4.69) is 6.92 Å². The molecule has 0 spiro atoms. The van der Waals surface area contributed by atoms with Gasteiger partial charge in [0.2, 0.25) is 0 Å². The first-order chi connectivity index (χ1) is 12.7. The maximum atomic E-state index is 10.9. The molecule has 0 rings (SSSR count). The highest BCUT2D eigenvalue weighted by Gasteiger charge is 2.09. The normalized spacial score (nSPS) is 12.3. The fraction of sp³-hybridized carbons (Fsp3) is 0.957. The Labute approximate surface area is 163 Å². The average Bonchev–Trinajstić information content (AvgIpc) is 2.63. The highest BCUT2D eigenvalue weighted by molar-refractivity contribution is 5.66. The fourth-order valence-electron chi connectivity index (χ4n) is 3.52. The van der Waals surface area contributed by atoms with E-state index < -0.39 is 0 Å². The number of hydrogen-bond donors (Lipinski definition) is 1. The van der Waals surface area contributed by atoms with Crippen LogP contribution in [0.25, 0.3) is 0 Å². The van der Waals surface area contributed by atoms with E-state index in [9.17, 15) is 4.79 Å². The van der Waals surface area contributed by atoms with Gasteiger partial charge >= 0.3 is 5.97 Å². The van der Waals surface area contributed by atoms with E-state index in [0.29, 0.717) is 0 Å². The second kappa shape index (κ2) is 20.7. The molecular formula is C23H46O3. The van der Waals surface area contributed by atoms with E-state index in [-0.39, 0.29) is 18.7 Å². The van der Waals surface area contributed by atoms with E-state index in [0.717, 1.165) is 12.8 Å². The first kappa shape index (κ1) is 25.4. The lowest BCUT2D eigenvalue weighted by molar-refractivity contribution is -0.148. The van der Waals surface area contributed by atoms with Gasteiger partial charge in [-0.3, -0.25) is 4.79 Å².